The van der Waals surface area contributed by atoms with Crippen molar-refractivity contribution in [1.82, 2.24) is 9.97 Å². The molecule has 7 nitrogen and oxygen atoms in total. The van der Waals surface area contributed by atoms with Crippen LogP contribution in [0.3, 0.4) is 0 Å². The number of anilines is 1. The topological polar surface area (TPSA) is 114 Å². The molecule has 0 atom stereocenters. The Morgan fingerprint density at radius 2 is 2.04 bits per heavy atom. The van der Waals surface area contributed by atoms with Crippen molar-refractivity contribution in [2.24, 2.45) is 5.73 Å². The number of aliphatic hydroxyl groups is 1. The number of nitrogens with zero attached hydrogens (tertiary/aromatic N) is 2. The van der Waals surface area contributed by atoms with Crippen LogP contribution in [0.2, 0.25) is 0 Å². The van der Waals surface area contributed by atoms with Crippen molar-refractivity contribution in [2.45, 2.75) is 50.5 Å². The molecule has 4 N–H and O–H groups in total. The number of carbonyl (C=O) groups is 1. The van der Waals surface area contributed by atoms with Gasteiger partial charge in [-0.1, -0.05) is 0 Å². The van der Waals surface area contributed by atoms with Gasteiger partial charge in [-0.05, 0) is 39.5 Å². The van der Waals surface area contributed by atoms with Crippen molar-refractivity contribution in [1.29, 1.82) is 0 Å². The average Bonchev–Trinajstić information content (AvgIpc) is 3.38. The van der Waals surface area contributed by atoms with Crippen LogP contribution in [0.1, 0.15) is 54.5 Å². The number of fused-ring (bicyclic) bond motifs is 1. The van der Waals surface area contributed by atoms with E-state index in [9.17, 15) is 9.90 Å². The summed E-state index contributed by atoms with van der Waals surface area (Å²) in [6.45, 7) is 3.82. The molecule has 0 aliphatic heterocycles. The molecule has 0 spiro atoms. The maximum atomic E-state index is 11.8. The number of aryl methyl sites for hydroxylation is 1. The monoisotopic (exact) mass is 316 g/mol. The summed E-state index contributed by atoms with van der Waals surface area (Å²) in [5, 5.41) is 13.6. The van der Waals surface area contributed by atoms with Gasteiger partial charge in [0.25, 0.3) is 5.91 Å². The highest BCUT2D eigenvalue weighted by Gasteiger charge is 2.48. The van der Waals surface area contributed by atoms with Gasteiger partial charge in [-0.15, -0.1) is 0 Å². The largest absolute Gasteiger partial charge is 0.442 e. The highest BCUT2D eigenvalue weighted by molar-refractivity contribution is 6.09. The summed E-state index contributed by atoms with van der Waals surface area (Å²) in [4.78, 5) is 20.9. The zero-order valence-electron chi connectivity index (χ0n) is 13.3. The summed E-state index contributed by atoms with van der Waals surface area (Å²) in [7, 11) is 0. The third-order valence-corrected chi connectivity index (χ3v) is 5.02. The van der Waals surface area contributed by atoms with Gasteiger partial charge in [0.2, 0.25) is 5.71 Å². The van der Waals surface area contributed by atoms with E-state index in [1.54, 1.807) is 6.92 Å². The lowest BCUT2D eigenvalue weighted by Gasteiger charge is -2.16. The van der Waals surface area contributed by atoms with Crippen LogP contribution in [0.15, 0.2) is 4.42 Å². The first-order valence-corrected chi connectivity index (χ1v) is 7.88. The average molecular weight is 316 g/mol. The van der Waals surface area contributed by atoms with Gasteiger partial charge in [0.05, 0.1) is 23.0 Å². The van der Waals surface area contributed by atoms with Crippen LogP contribution in [-0.2, 0) is 5.41 Å². The van der Waals surface area contributed by atoms with E-state index in [1.807, 2.05) is 0 Å². The van der Waals surface area contributed by atoms with E-state index >= 15 is 0 Å². The van der Waals surface area contributed by atoms with Crippen LogP contribution in [0.4, 0.5) is 5.82 Å². The molecule has 2 aromatic rings. The van der Waals surface area contributed by atoms with Crippen LogP contribution in [-0.4, -0.2) is 33.1 Å². The predicted molar refractivity (Wildman–Crippen MR) is 84.3 cm³/mol. The number of primary amides is 1. The molecule has 1 amide bonds. The molecule has 2 fully saturated rings. The lowest BCUT2D eigenvalue weighted by Crippen LogP contribution is -2.22. The Kier molecular flexibility index (Phi) is 2.79. The smallest absolute Gasteiger partial charge is 0.253 e. The van der Waals surface area contributed by atoms with E-state index in [1.165, 1.54) is 0 Å². The summed E-state index contributed by atoms with van der Waals surface area (Å²) in [6.07, 6.45) is 3.80. The summed E-state index contributed by atoms with van der Waals surface area (Å²) >= 11 is 0. The molecule has 2 saturated carbocycles. The van der Waals surface area contributed by atoms with E-state index < -0.39 is 5.91 Å². The molecular weight excluding hydrogens is 296 g/mol. The van der Waals surface area contributed by atoms with Gasteiger partial charge in [0, 0.05) is 5.54 Å². The number of furan rings is 1. The second-order valence-corrected chi connectivity index (χ2v) is 7.10. The fraction of sp³-hybridized carbons (Fsp3) is 0.562. The molecule has 122 valence electrons. The van der Waals surface area contributed by atoms with E-state index in [2.05, 4.69) is 22.2 Å². The van der Waals surface area contributed by atoms with Crippen LogP contribution in [0.25, 0.3) is 11.1 Å². The highest BCUT2D eigenvalue weighted by Crippen LogP contribution is 2.48. The zero-order chi connectivity index (χ0) is 16.4. The molecule has 4 rings (SSSR count). The first kappa shape index (κ1) is 14.4. The molecule has 0 unspecified atom stereocenters. The highest BCUT2D eigenvalue weighted by atomic mass is 16.3. The number of aromatic nitrogens is 2. The third kappa shape index (κ3) is 2.18. The van der Waals surface area contributed by atoms with E-state index in [0.717, 1.165) is 25.7 Å². The van der Waals surface area contributed by atoms with Crippen LogP contribution in [0, 0.1) is 6.92 Å². The number of hydrogen-bond acceptors (Lipinski definition) is 6. The van der Waals surface area contributed by atoms with E-state index in [4.69, 9.17) is 10.2 Å². The van der Waals surface area contributed by atoms with E-state index in [0.29, 0.717) is 34.1 Å². The van der Waals surface area contributed by atoms with Gasteiger partial charge in [0.1, 0.15) is 17.4 Å². The first-order valence-electron chi connectivity index (χ1n) is 7.88. The minimum Gasteiger partial charge on any atom is -0.442 e. The SMILES string of the molecule is Cc1oc2nc(C3(CO)CC3)nc(NC3(C)CC3)c2c1C(N)=O. The van der Waals surface area contributed by atoms with Crippen molar-refractivity contribution < 1.29 is 14.3 Å². The first-order chi connectivity index (χ1) is 10.9. The lowest BCUT2D eigenvalue weighted by molar-refractivity contribution is 0.1000. The van der Waals surface area contributed by atoms with Crippen molar-refractivity contribution in [3.8, 4) is 0 Å². The third-order valence-electron chi connectivity index (χ3n) is 5.02. The van der Waals surface area contributed by atoms with Crippen LogP contribution < -0.4 is 11.1 Å². The normalized spacial score (nSPS) is 20.5. The molecule has 2 heterocycles. The quantitative estimate of drug-likeness (QED) is 0.772. The Morgan fingerprint density at radius 1 is 1.35 bits per heavy atom. The second kappa shape index (κ2) is 4.44. The molecule has 23 heavy (non-hydrogen) atoms. The number of rotatable bonds is 5. The molecule has 0 radical (unpaired) electrons. The Balaban J connectivity index is 1.94. The lowest BCUT2D eigenvalue weighted by atomic mass is 10.1. The number of aliphatic hydroxyl groups excluding tert-OH is 1. The molecular formula is C16H20N4O3. The van der Waals surface area contributed by atoms with E-state index in [-0.39, 0.29) is 17.6 Å². The molecule has 0 aromatic carbocycles. The minimum absolute atomic E-state index is 0.0115. The molecule has 0 saturated heterocycles. The number of nitrogens with two attached hydrogens (primary N) is 1. The molecule has 7 heteroatoms. The van der Waals surface area contributed by atoms with Crippen LogP contribution in [0.5, 0.6) is 0 Å². The summed E-state index contributed by atoms with van der Waals surface area (Å²) < 4.78 is 5.67. The van der Waals surface area contributed by atoms with Gasteiger partial charge in [-0.3, -0.25) is 4.79 Å². The Hall–Kier alpha value is -2.15. The molecule has 2 aromatic heterocycles. The summed E-state index contributed by atoms with van der Waals surface area (Å²) in [6, 6.07) is 0. The zero-order valence-corrected chi connectivity index (χ0v) is 13.3. The Morgan fingerprint density at radius 3 is 2.57 bits per heavy atom. The van der Waals surface area contributed by atoms with Crippen molar-refractivity contribution in [3.63, 3.8) is 0 Å². The Bertz CT molecular complexity index is 818. The van der Waals surface area contributed by atoms with Gasteiger partial charge in [-0.2, -0.15) is 4.98 Å². The van der Waals surface area contributed by atoms with Crippen molar-refractivity contribution in [2.75, 3.05) is 11.9 Å². The number of nitrogens with one attached hydrogen (secondary N) is 1. The molecule has 2 aliphatic rings. The van der Waals surface area contributed by atoms with Crippen molar-refractivity contribution in [3.05, 3.63) is 17.1 Å². The minimum atomic E-state index is -0.551. The van der Waals surface area contributed by atoms with Gasteiger partial charge < -0.3 is 20.6 Å². The van der Waals surface area contributed by atoms with Crippen LogP contribution >= 0.6 is 0 Å². The fourth-order valence-corrected chi connectivity index (χ4v) is 2.94. The Labute approximate surface area is 133 Å². The number of carbonyl (C=O) groups excluding carboxylic acids is 1. The molecule has 0 bridgehead atoms. The standard InChI is InChI=1S/C16H20N4O3/c1-8-9(11(17)22)10-12(20-15(2)3-4-15)18-14(19-13(10)23-8)16(7-21)5-6-16/h21H,3-7H2,1-2H3,(H2,17,22)(H,18,19,20). The maximum absolute atomic E-state index is 11.8. The van der Waals surface area contributed by atoms with Gasteiger partial charge in [-0.25, -0.2) is 4.98 Å². The summed E-state index contributed by atoms with van der Waals surface area (Å²) in [5.41, 5.74) is 5.80. The maximum Gasteiger partial charge on any atom is 0.253 e. The second-order valence-electron chi connectivity index (χ2n) is 7.10. The number of amides is 1. The molecule has 2 aliphatic carbocycles. The van der Waals surface area contributed by atoms with Gasteiger partial charge in [0.15, 0.2) is 0 Å². The number of hydrogen-bond donors (Lipinski definition) is 3. The summed E-state index contributed by atoms with van der Waals surface area (Å²) in [5.74, 6) is 1.04. The fourth-order valence-electron chi connectivity index (χ4n) is 2.94. The van der Waals surface area contributed by atoms with Gasteiger partial charge >= 0.3 is 0 Å². The predicted octanol–water partition coefficient (Wildman–Crippen LogP) is 1.62. The van der Waals surface area contributed by atoms with Crippen molar-refractivity contribution >= 4 is 22.8 Å².